The first kappa shape index (κ1) is 13.6. The Bertz CT molecular complexity index is 370. The van der Waals surface area contributed by atoms with Crippen molar-refractivity contribution in [3.63, 3.8) is 0 Å². The number of hydrogen-bond acceptors (Lipinski definition) is 4. The summed E-state index contributed by atoms with van der Waals surface area (Å²) in [4.78, 5) is 15.7. The first-order valence-corrected chi connectivity index (χ1v) is 5.62. The third kappa shape index (κ3) is 4.15. The highest BCUT2D eigenvalue weighted by molar-refractivity contribution is 5.73. The Balaban J connectivity index is 2.70. The molecule has 0 aromatic carbocycles. The number of esters is 1. The van der Waals surface area contributed by atoms with Crippen LogP contribution in [0, 0.1) is 5.92 Å². The van der Waals surface area contributed by atoms with Gasteiger partial charge in [-0.05, 0) is 39.3 Å². The summed E-state index contributed by atoms with van der Waals surface area (Å²) in [5, 5.41) is 10.0. The van der Waals surface area contributed by atoms with E-state index < -0.39 is 23.6 Å². The van der Waals surface area contributed by atoms with Gasteiger partial charge in [0.25, 0.3) is 0 Å². The van der Waals surface area contributed by atoms with E-state index >= 15 is 0 Å². The van der Waals surface area contributed by atoms with Gasteiger partial charge in [0.05, 0.1) is 12.0 Å². The van der Waals surface area contributed by atoms with Crippen LogP contribution in [-0.2, 0) is 9.53 Å². The average Bonchev–Trinajstić information content (AvgIpc) is 2.26. The van der Waals surface area contributed by atoms with Gasteiger partial charge in [-0.25, -0.2) is 0 Å². The van der Waals surface area contributed by atoms with E-state index in [0.29, 0.717) is 5.56 Å². The van der Waals surface area contributed by atoms with E-state index in [1.165, 1.54) is 0 Å². The van der Waals surface area contributed by atoms with Gasteiger partial charge in [-0.2, -0.15) is 0 Å². The minimum Gasteiger partial charge on any atom is -0.460 e. The molecule has 0 spiro atoms. The quantitative estimate of drug-likeness (QED) is 0.818. The Morgan fingerprint density at radius 3 is 2.59 bits per heavy atom. The second-order valence-electron chi connectivity index (χ2n) is 5.05. The highest BCUT2D eigenvalue weighted by atomic mass is 16.6. The molecule has 0 bridgehead atoms. The van der Waals surface area contributed by atoms with Gasteiger partial charge in [-0.1, -0.05) is 6.07 Å². The Kier molecular flexibility index (Phi) is 4.23. The molecule has 1 aromatic rings. The van der Waals surface area contributed by atoms with Crippen molar-refractivity contribution in [2.45, 2.75) is 39.4 Å². The molecule has 1 N–H and O–H groups in total. The molecule has 4 nitrogen and oxygen atoms in total. The van der Waals surface area contributed by atoms with Crippen LogP contribution in [0.5, 0.6) is 0 Å². The summed E-state index contributed by atoms with van der Waals surface area (Å²) in [6.07, 6.45) is 2.28. The maximum Gasteiger partial charge on any atom is 0.312 e. The van der Waals surface area contributed by atoms with Gasteiger partial charge in [0, 0.05) is 12.4 Å². The molecule has 0 aliphatic heterocycles. The van der Waals surface area contributed by atoms with Crippen molar-refractivity contribution in [1.82, 2.24) is 4.98 Å². The number of aliphatic hydroxyl groups excluding tert-OH is 1. The number of aromatic nitrogens is 1. The Morgan fingerprint density at radius 1 is 1.47 bits per heavy atom. The highest BCUT2D eigenvalue weighted by Crippen LogP contribution is 2.23. The van der Waals surface area contributed by atoms with Gasteiger partial charge < -0.3 is 9.84 Å². The number of carbonyl (C=O) groups is 1. The topological polar surface area (TPSA) is 59.4 Å². The molecule has 0 fully saturated rings. The number of carbonyl (C=O) groups excluding carboxylic acids is 1. The maximum atomic E-state index is 11.8. The molecule has 0 saturated carbocycles. The van der Waals surface area contributed by atoms with Crippen LogP contribution in [0.2, 0.25) is 0 Å². The Morgan fingerprint density at radius 2 is 2.12 bits per heavy atom. The Labute approximate surface area is 102 Å². The van der Waals surface area contributed by atoms with Crippen molar-refractivity contribution in [3.8, 4) is 0 Å². The molecule has 0 amide bonds. The van der Waals surface area contributed by atoms with Crippen LogP contribution in [0.25, 0.3) is 0 Å². The third-order valence-corrected chi connectivity index (χ3v) is 2.28. The molecule has 1 rings (SSSR count). The molecule has 1 aromatic heterocycles. The van der Waals surface area contributed by atoms with Crippen LogP contribution in [-0.4, -0.2) is 21.7 Å². The number of pyridine rings is 1. The van der Waals surface area contributed by atoms with E-state index in [-0.39, 0.29) is 0 Å². The summed E-state index contributed by atoms with van der Waals surface area (Å²) in [5.41, 5.74) is 0.0749. The van der Waals surface area contributed by atoms with E-state index in [0.717, 1.165) is 0 Å². The summed E-state index contributed by atoms with van der Waals surface area (Å²) in [5.74, 6) is -1.02. The summed E-state index contributed by atoms with van der Waals surface area (Å²) in [7, 11) is 0. The third-order valence-electron chi connectivity index (χ3n) is 2.28. The summed E-state index contributed by atoms with van der Waals surface area (Å²) in [6, 6.07) is 3.46. The van der Waals surface area contributed by atoms with Gasteiger partial charge in [0.2, 0.25) is 0 Å². The fraction of sp³-hybridized carbons (Fsp3) is 0.538. The minimum atomic E-state index is -0.890. The molecule has 0 aliphatic carbocycles. The largest absolute Gasteiger partial charge is 0.460 e. The van der Waals surface area contributed by atoms with Gasteiger partial charge in [-0.3, -0.25) is 9.78 Å². The van der Waals surface area contributed by atoms with E-state index in [2.05, 4.69) is 4.98 Å². The zero-order valence-corrected chi connectivity index (χ0v) is 10.7. The van der Waals surface area contributed by atoms with Crippen molar-refractivity contribution in [2.24, 2.45) is 5.92 Å². The van der Waals surface area contributed by atoms with Crippen LogP contribution >= 0.6 is 0 Å². The predicted octanol–water partition coefficient (Wildman–Crippen LogP) is 2.09. The summed E-state index contributed by atoms with van der Waals surface area (Å²) >= 11 is 0. The zero-order chi connectivity index (χ0) is 13.1. The van der Waals surface area contributed by atoms with E-state index in [9.17, 15) is 9.90 Å². The van der Waals surface area contributed by atoms with Gasteiger partial charge in [0.15, 0.2) is 0 Å². The molecule has 17 heavy (non-hydrogen) atoms. The molecule has 0 saturated heterocycles. The monoisotopic (exact) mass is 237 g/mol. The van der Waals surface area contributed by atoms with Crippen LogP contribution < -0.4 is 0 Å². The molecule has 0 aliphatic rings. The Hall–Kier alpha value is -1.42. The lowest BCUT2D eigenvalue weighted by Gasteiger charge is -2.24. The smallest absolute Gasteiger partial charge is 0.312 e. The number of nitrogens with zero attached hydrogens (tertiary/aromatic N) is 1. The lowest BCUT2D eigenvalue weighted by Crippen LogP contribution is -2.30. The number of hydrogen-bond donors (Lipinski definition) is 1. The molecular formula is C13H19NO3. The lowest BCUT2D eigenvalue weighted by atomic mass is 9.98. The fourth-order valence-electron chi connectivity index (χ4n) is 1.36. The first-order valence-electron chi connectivity index (χ1n) is 5.62. The normalized spacial score (nSPS) is 15.1. The van der Waals surface area contributed by atoms with Gasteiger partial charge in [0.1, 0.15) is 5.60 Å². The van der Waals surface area contributed by atoms with Crippen molar-refractivity contribution < 1.29 is 14.6 Å². The van der Waals surface area contributed by atoms with E-state index in [1.807, 2.05) is 0 Å². The number of rotatable bonds is 3. The summed E-state index contributed by atoms with van der Waals surface area (Å²) in [6.45, 7) is 7.04. The van der Waals surface area contributed by atoms with Crippen LogP contribution in [0.4, 0.5) is 0 Å². The van der Waals surface area contributed by atoms with Crippen LogP contribution in [0.15, 0.2) is 24.5 Å². The van der Waals surface area contributed by atoms with Crippen LogP contribution in [0.1, 0.15) is 39.4 Å². The van der Waals surface area contributed by atoms with Crippen molar-refractivity contribution in [3.05, 3.63) is 30.1 Å². The first-order chi connectivity index (χ1) is 7.81. The molecule has 0 radical (unpaired) electrons. The number of ether oxygens (including phenoxy) is 1. The van der Waals surface area contributed by atoms with Crippen molar-refractivity contribution in [2.75, 3.05) is 0 Å². The second-order valence-corrected chi connectivity index (χ2v) is 5.05. The van der Waals surface area contributed by atoms with Gasteiger partial charge >= 0.3 is 5.97 Å². The molecule has 94 valence electrons. The van der Waals surface area contributed by atoms with Crippen LogP contribution in [0.3, 0.4) is 0 Å². The fourth-order valence-corrected chi connectivity index (χ4v) is 1.36. The maximum absolute atomic E-state index is 11.8. The standard InChI is InChI=1S/C13H19NO3/c1-9(12(16)17-13(2,3)4)11(15)10-6-5-7-14-8-10/h5-9,11,15H,1-4H3. The molecule has 4 heteroatoms. The number of aliphatic hydroxyl groups is 1. The van der Waals surface area contributed by atoms with Crippen molar-refractivity contribution >= 4 is 5.97 Å². The van der Waals surface area contributed by atoms with Crippen molar-refractivity contribution in [1.29, 1.82) is 0 Å². The highest BCUT2D eigenvalue weighted by Gasteiger charge is 2.28. The SMILES string of the molecule is CC(C(=O)OC(C)(C)C)C(O)c1cccnc1. The molecule has 2 atom stereocenters. The average molecular weight is 237 g/mol. The minimum absolute atomic E-state index is 0.408. The molecular weight excluding hydrogens is 218 g/mol. The van der Waals surface area contributed by atoms with E-state index in [1.54, 1.807) is 52.2 Å². The zero-order valence-electron chi connectivity index (χ0n) is 10.7. The predicted molar refractivity (Wildman–Crippen MR) is 64.2 cm³/mol. The summed E-state index contributed by atoms with van der Waals surface area (Å²) < 4.78 is 5.22. The molecule has 2 unspecified atom stereocenters. The van der Waals surface area contributed by atoms with Gasteiger partial charge in [-0.15, -0.1) is 0 Å². The van der Waals surface area contributed by atoms with E-state index in [4.69, 9.17) is 4.74 Å². The molecule has 1 heterocycles. The second kappa shape index (κ2) is 5.27. The lowest BCUT2D eigenvalue weighted by molar-refractivity contribution is -0.163.